The smallest absolute Gasteiger partial charge is 0.410 e. The zero-order valence-electron chi connectivity index (χ0n) is 14.3. The second kappa shape index (κ2) is 7.40. The number of hydrogen-bond donors (Lipinski definition) is 1. The van der Waals surface area contributed by atoms with Crippen molar-refractivity contribution < 1.29 is 14.3 Å². The Morgan fingerprint density at radius 3 is 2.71 bits per heavy atom. The van der Waals surface area contributed by atoms with E-state index < -0.39 is 11.7 Å². The van der Waals surface area contributed by atoms with Gasteiger partial charge in [-0.2, -0.15) is 0 Å². The Balaban J connectivity index is 2.03. The second-order valence-corrected chi connectivity index (χ2v) is 7.39. The van der Waals surface area contributed by atoms with Gasteiger partial charge in [-0.25, -0.2) is 15.6 Å². The highest BCUT2D eigenvalue weighted by Crippen LogP contribution is 2.24. The number of halogens is 1. The maximum atomic E-state index is 12.6. The Morgan fingerprint density at radius 2 is 2.08 bits per heavy atom. The number of nitrogens with two attached hydrogens (primary N) is 1. The Morgan fingerprint density at radius 1 is 1.38 bits per heavy atom. The molecule has 2 N–H and O–H groups in total. The second-order valence-electron chi connectivity index (χ2n) is 6.95. The fraction of sp³-hybridized carbons (Fsp3) is 0.529. The number of rotatable bonds is 2. The van der Waals surface area contributed by atoms with Crippen molar-refractivity contribution in [2.45, 2.75) is 39.2 Å². The third-order valence-electron chi connectivity index (χ3n) is 3.75. The van der Waals surface area contributed by atoms with Gasteiger partial charge in [0.1, 0.15) is 5.60 Å². The van der Waals surface area contributed by atoms with Gasteiger partial charge in [-0.05, 0) is 51.8 Å². The molecule has 24 heavy (non-hydrogen) atoms. The minimum atomic E-state index is -0.561. The average Bonchev–Trinajstić information content (AvgIpc) is 2.52. The summed E-state index contributed by atoms with van der Waals surface area (Å²) < 4.78 is 5.38. The lowest BCUT2D eigenvalue weighted by atomic mass is 9.97. The zero-order valence-corrected chi connectivity index (χ0v) is 15.0. The van der Waals surface area contributed by atoms with Crippen molar-refractivity contribution in [1.29, 1.82) is 0 Å². The Kier molecular flexibility index (Phi) is 5.72. The molecule has 1 unspecified atom stereocenters. The van der Waals surface area contributed by atoms with Gasteiger partial charge in [-0.1, -0.05) is 17.7 Å². The number of anilines is 1. The number of amides is 2. The number of carbonyl (C=O) groups excluding carboxylic acids is 2. The molecule has 0 aliphatic carbocycles. The van der Waals surface area contributed by atoms with Crippen LogP contribution in [0.15, 0.2) is 24.3 Å². The first kappa shape index (κ1) is 18.5. The van der Waals surface area contributed by atoms with E-state index in [4.69, 9.17) is 22.2 Å². The van der Waals surface area contributed by atoms with Crippen molar-refractivity contribution in [2.75, 3.05) is 18.1 Å². The van der Waals surface area contributed by atoms with Crippen LogP contribution in [-0.4, -0.2) is 35.6 Å². The van der Waals surface area contributed by atoms with Gasteiger partial charge >= 0.3 is 6.09 Å². The number of benzene rings is 1. The van der Waals surface area contributed by atoms with Gasteiger partial charge in [0.15, 0.2) is 0 Å². The lowest BCUT2D eigenvalue weighted by molar-refractivity contribution is -0.124. The molecule has 0 radical (unpaired) electrons. The van der Waals surface area contributed by atoms with Gasteiger partial charge in [0, 0.05) is 18.1 Å². The van der Waals surface area contributed by atoms with Crippen molar-refractivity contribution in [2.24, 2.45) is 11.8 Å². The topological polar surface area (TPSA) is 75.9 Å². The minimum absolute atomic E-state index is 0.231. The number of carbonyl (C=O) groups is 2. The molecule has 0 saturated carbocycles. The molecule has 0 bridgehead atoms. The van der Waals surface area contributed by atoms with E-state index >= 15 is 0 Å². The summed E-state index contributed by atoms with van der Waals surface area (Å²) in [7, 11) is 0. The summed E-state index contributed by atoms with van der Waals surface area (Å²) in [6.07, 6.45) is 1.03. The van der Waals surface area contributed by atoms with E-state index in [1.807, 2.05) is 20.8 Å². The van der Waals surface area contributed by atoms with Crippen LogP contribution in [-0.2, 0) is 9.53 Å². The van der Waals surface area contributed by atoms with Gasteiger partial charge in [0.25, 0.3) is 0 Å². The molecule has 132 valence electrons. The molecule has 1 aromatic carbocycles. The van der Waals surface area contributed by atoms with Crippen LogP contribution < -0.4 is 10.9 Å². The van der Waals surface area contributed by atoms with Crippen molar-refractivity contribution in [3.63, 3.8) is 0 Å². The number of likely N-dealkylation sites (tertiary alicyclic amines) is 1. The number of nitrogens with zero attached hydrogens (tertiary/aromatic N) is 2. The van der Waals surface area contributed by atoms with E-state index in [2.05, 4.69) is 0 Å². The normalized spacial score (nSPS) is 18.2. The van der Waals surface area contributed by atoms with Gasteiger partial charge in [0.2, 0.25) is 5.91 Å². The molecule has 6 nitrogen and oxygen atoms in total. The van der Waals surface area contributed by atoms with Crippen LogP contribution in [0.5, 0.6) is 0 Å². The van der Waals surface area contributed by atoms with Crippen LogP contribution in [0.1, 0.15) is 33.6 Å². The lowest BCUT2D eigenvalue weighted by Gasteiger charge is -2.34. The Bertz CT molecular complexity index is 615. The molecule has 1 aromatic rings. The predicted molar refractivity (Wildman–Crippen MR) is 93.7 cm³/mol. The average molecular weight is 354 g/mol. The van der Waals surface area contributed by atoms with E-state index in [-0.39, 0.29) is 11.8 Å². The SMILES string of the molecule is CC(C)(C)OC(=O)N1CCCC(C(=O)N(N)c2cccc(Cl)c2)C1. The molecular weight excluding hydrogens is 330 g/mol. The molecule has 7 heteroatoms. The molecule has 1 heterocycles. The summed E-state index contributed by atoms with van der Waals surface area (Å²) in [5.74, 6) is 5.37. The molecule has 2 amide bonds. The van der Waals surface area contributed by atoms with Gasteiger partial charge in [-0.15, -0.1) is 0 Å². The first-order valence-corrected chi connectivity index (χ1v) is 8.37. The number of hydrogen-bond acceptors (Lipinski definition) is 4. The van der Waals surface area contributed by atoms with E-state index in [9.17, 15) is 9.59 Å². The van der Waals surface area contributed by atoms with Crippen LogP contribution in [0.2, 0.25) is 5.02 Å². The fourth-order valence-corrected chi connectivity index (χ4v) is 2.81. The molecule has 0 aromatic heterocycles. The third kappa shape index (κ3) is 4.85. The molecule has 1 atom stereocenters. The number of ether oxygens (including phenoxy) is 1. The molecule has 2 rings (SSSR count). The predicted octanol–water partition coefficient (Wildman–Crippen LogP) is 3.19. The van der Waals surface area contributed by atoms with E-state index in [0.717, 1.165) is 11.4 Å². The van der Waals surface area contributed by atoms with E-state index in [0.29, 0.717) is 30.2 Å². The molecule has 1 saturated heterocycles. The summed E-state index contributed by atoms with van der Waals surface area (Å²) >= 11 is 5.94. The lowest BCUT2D eigenvalue weighted by Crippen LogP contribution is -2.50. The monoisotopic (exact) mass is 353 g/mol. The third-order valence-corrected chi connectivity index (χ3v) is 3.98. The summed E-state index contributed by atoms with van der Waals surface area (Å²) in [6.45, 7) is 6.34. The summed E-state index contributed by atoms with van der Waals surface area (Å²) in [6, 6.07) is 6.80. The molecular formula is C17H24ClN3O3. The van der Waals surface area contributed by atoms with Crippen LogP contribution in [0.4, 0.5) is 10.5 Å². The van der Waals surface area contributed by atoms with Crippen molar-refractivity contribution >= 4 is 29.3 Å². The first-order valence-electron chi connectivity index (χ1n) is 7.99. The van der Waals surface area contributed by atoms with Gasteiger partial charge < -0.3 is 9.64 Å². The minimum Gasteiger partial charge on any atom is -0.444 e. The van der Waals surface area contributed by atoms with Gasteiger partial charge in [-0.3, -0.25) is 4.79 Å². The van der Waals surface area contributed by atoms with Crippen LogP contribution in [0.3, 0.4) is 0 Å². The number of hydrazine groups is 1. The first-order chi connectivity index (χ1) is 11.2. The Hall–Kier alpha value is -1.79. The Labute approximate surface area is 147 Å². The zero-order chi connectivity index (χ0) is 17.9. The van der Waals surface area contributed by atoms with Crippen molar-refractivity contribution in [1.82, 2.24) is 4.90 Å². The van der Waals surface area contributed by atoms with E-state index in [1.54, 1.807) is 29.2 Å². The molecule has 1 fully saturated rings. The maximum Gasteiger partial charge on any atom is 0.410 e. The standard InChI is InChI=1S/C17H24ClN3O3/c1-17(2,3)24-16(23)20-9-5-6-12(11-20)15(22)21(19)14-8-4-7-13(18)10-14/h4,7-8,10,12H,5-6,9,11,19H2,1-3H3. The van der Waals surface area contributed by atoms with Gasteiger partial charge in [0.05, 0.1) is 11.6 Å². The highest BCUT2D eigenvalue weighted by Gasteiger charge is 2.33. The summed E-state index contributed by atoms with van der Waals surface area (Å²) in [4.78, 5) is 26.4. The van der Waals surface area contributed by atoms with E-state index in [1.165, 1.54) is 0 Å². The summed E-state index contributed by atoms with van der Waals surface area (Å²) in [5, 5.41) is 1.62. The molecule has 1 aliphatic rings. The fourth-order valence-electron chi connectivity index (χ4n) is 2.62. The highest BCUT2D eigenvalue weighted by molar-refractivity contribution is 6.30. The van der Waals surface area contributed by atoms with Crippen molar-refractivity contribution in [3.8, 4) is 0 Å². The molecule has 1 aliphatic heterocycles. The largest absolute Gasteiger partial charge is 0.444 e. The van der Waals surface area contributed by atoms with Crippen LogP contribution in [0, 0.1) is 5.92 Å². The highest BCUT2D eigenvalue weighted by atomic mass is 35.5. The summed E-state index contributed by atoms with van der Waals surface area (Å²) in [5.41, 5.74) is -0.0313. The van der Waals surface area contributed by atoms with Crippen LogP contribution >= 0.6 is 11.6 Å². The quantitative estimate of drug-likeness (QED) is 0.503. The van der Waals surface area contributed by atoms with Crippen molar-refractivity contribution in [3.05, 3.63) is 29.3 Å². The number of piperidine rings is 1. The molecule has 0 spiro atoms. The maximum absolute atomic E-state index is 12.6. The van der Waals surface area contributed by atoms with Crippen LogP contribution in [0.25, 0.3) is 0 Å².